The smallest absolute Gasteiger partial charge is 0.0649 e. The van der Waals surface area contributed by atoms with Crippen LogP contribution in [0.4, 0.5) is 0 Å². The zero-order valence-electron chi connectivity index (χ0n) is 10.5. The molecule has 1 aliphatic carbocycles. The molecule has 1 aromatic carbocycles. The highest BCUT2D eigenvalue weighted by atomic mass is 35.5. The van der Waals surface area contributed by atoms with Gasteiger partial charge in [-0.25, -0.2) is 0 Å². The van der Waals surface area contributed by atoms with Gasteiger partial charge in [0, 0.05) is 5.02 Å². The second-order valence-electron chi connectivity index (χ2n) is 5.43. The molecular formula is C15H19ClO. The van der Waals surface area contributed by atoms with Crippen LogP contribution in [0.5, 0.6) is 0 Å². The molecule has 0 spiro atoms. The van der Waals surface area contributed by atoms with Gasteiger partial charge in [-0.1, -0.05) is 43.2 Å². The van der Waals surface area contributed by atoms with Crippen LogP contribution in [0.15, 0.2) is 35.4 Å². The van der Waals surface area contributed by atoms with Crippen molar-refractivity contribution in [3.8, 4) is 0 Å². The summed E-state index contributed by atoms with van der Waals surface area (Å²) in [5.41, 5.74) is 4.07. The van der Waals surface area contributed by atoms with E-state index in [1.165, 1.54) is 16.7 Å². The molecule has 17 heavy (non-hydrogen) atoms. The number of benzene rings is 1. The highest BCUT2D eigenvalue weighted by Crippen LogP contribution is 2.42. The monoisotopic (exact) mass is 250 g/mol. The fourth-order valence-electron chi connectivity index (χ4n) is 2.61. The van der Waals surface area contributed by atoms with Crippen molar-refractivity contribution in [2.45, 2.75) is 33.1 Å². The van der Waals surface area contributed by atoms with E-state index in [0.29, 0.717) is 0 Å². The molecule has 0 bridgehead atoms. The van der Waals surface area contributed by atoms with Crippen LogP contribution >= 0.6 is 11.6 Å². The van der Waals surface area contributed by atoms with Crippen molar-refractivity contribution in [3.05, 3.63) is 46.0 Å². The minimum atomic E-state index is 0.163. The molecule has 92 valence electrons. The van der Waals surface area contributed by atoms with Gasteiger partial charge in [0.05, 0.1) is 6.61 Å². The summed E-state index contributed by atoms with van der Waals surface area (Å²) in [4.78, 5) is 0. The van der Waals surface area contributed by atoms with Crippen molar-refractivity contribution in [2.24, 2.45) is 5.41 Å². The average Bonchev–Trinajstić information content (AvgIpc) is 2.57. The van der Waals surface area contributed by atoms with Gasteiger partial charge in [0.1, 0.15) is 0 Å². The molecule has 0 atom stereocenters. The molecule has 0 heterocycles. The lowest BCUT2D eigenvalue weighted by Crippen LogP contribution is -2.13. The predicted molar refractivity (Wildman–Crippen MR) is 72.3 cm³/mol. The van der Waals surface area contributed by atoms with Crippen LogP contribution in [0.1, 0.15) is 32.3 Å². The molecule has 0 amide bonds. The molecule has 0 aromatic heterocycles. The normalized spacial score (nSPS) is 18.8. The number of rotatable bonds is 3. The molecule has 1 N–H and O–H groups in total. The molecule has 0 radical (unpaired) electrons. The Morgan fingerprint density at radius 1 is 1.24 bits per heavy atom. The third-order valence-electron chi connectivity index (χ3n) is 3.78. The lowest BCUT2D eigenvalue weighted by molar-refractivity contribution is 0.290. The van der Waals surface area contributed by atoms with Crippen molar-refractivity contribution in [1.82, 2.24) is 0 Å². The summed E-state index contributed by atoms with van der Waals surface area (Å²) >= 11 is 5.88. The van der Waals surface area contributed by atoms with E-state index in [9.17, 15) is 5.11 Å². The van der Waals surface area contributed by atoms with Gasteiger partial charge >= 0.3 is 0 Å². The molecule has 1 aliphatic rings. The highest BCUT2D eigenvalue weighted by Gasteiger charge is 2.31. The lowest BCUT2D eigenvalue weighted by atomic mass is 9.85. The van der Waals surface area contributed by atoms with Crippen LogP contribution in [-0.2, 0) is 6.42 Å². The summed E-state index contributed by atoms with van der Waals surface area (Å²) in [5, 5.41) is 10.3. The van der Waals surface area contributed by atoms with E-state index >= 15 is 0 Å². The predicted octanol–water partition coefficient (Wildman–Crippen LogP) is 3.99. The van der Waals surface area contributed by atoms with Crippen molar-refractivity contribution < 1.29 is 5.11 Å². The number of aliphatic hydroxyl groups excluding tert-OH is 1. The molecule has 1 nitrogen and oxygen atoms in total. The maximum absolute atomic E-state index is 9.52. The second-order valence-corrected chi connectivity index (χ2v) is 5.86. The molecule has 2 rings (SSSR count). The summed E-state index contributed by atoms with van der Waals surface area (Å²) in [7, 11) is 0. The maximum Gasteiger partial charge on any atom is 0.0649 e. The van der Waals surface area contributed by atoms with Gasteiger partial charge in [0.15, 0.2) is 0 Å². The van der Waals surface area contributed by atoms with Crippen LogP contribution in [-0.4, -0.2) is 11.7 Å². The van der Waals surface area contributed by atoms with E-state index in [1.807, 2.05) is 12.1 Å². The average molecular weight is 251 g/mol. The maximum atomic E-state index is 9.52. The summed E-state index contributed by atoms with van der Waals surface area (Å²) in [6.07, 6.45) is 3.19. The Kier molecular flexibility index (Phi) is 3.60. The molecule has 0 saturated carbocycles. The largest absolute Gasteiger partial charge is 0.392 e. The summed E-state index contributed by atoms with van der Waals surface area (Å²) in [6, 6.07) is 7.98. The van der Waals surface area contributed by atoms with Gasteiger partial charge in [-0.2, -0.15) is 0 Å². The Morgan fingerprint density at radius 2 is 1.88 bits per heavy atom. The Labute approximate surface area is 108 Å². The first-order valence-corrected chi connectivity index (χ1v) is 6.47. The topological polar surface area (TPSA) is 20.2 Å². The summed E-state index contributed by atoms with van der Waals surface area (Å²) in [5.74, 6) is 0. The van der Waals surface area contributed by atoms with Crippen LogP contribution in [0, 0.1) is 5.41 Å². The minimum absolute atomic E-state index is 0.163. The van der Waals surface area contributed by atoms with E-state index in [1.54, 1.807) is 0 Å². The van der Waals surface area contributed by atoms with E-state index in [0.717, 1.165) is 24.3 Å². The van der Waals surface area contributed by atoms with Crippen LogP contribution in [0.3, 0.4) is 0 Å². The first-order valence-electron chi connectivity index (χ1n) is 6.09. The number of allylic oxidation sites excluding steroid dienone is 1. The zero-order valence-corrected chi connectivity index (χ0v) is 11.2. The van der Waals surface area contributed by atoms with Gasteiger partial charge in [-0.05, 0) is 47.9 Å². The van der Waals surface area contributed by atoms with Crippen LogP contribution in [0.2, 0.25) is 5.02 Å². The molecule has 1 aromatic rings. The van der Waals surface area contributed by atoms with Crippen molar-refractivity contribution in [3.63, 3.8) is 0 Å². The van der Waals surface area contributed by atoms with Gasteiger partial charge < -0.3 is 5.11 Å². The molecule has 0 saturated heterocycles. The van der Waals surface area contributed by atoms with Crippen molar-refractivity contribution >= 4 is 11.6 Å². The fraction of sp³-hybridized carbons (Fsp3) is 0.467. The van der Waals surface area contributed by atoms with Crippen molar-refractivity contribution in [2.75, 3.05) is 6.61 Å². The molecule has 0 fully saturated rings. The minimum Gasteiger partial charge on any atom is -0.392 e. The number of aliphatic hydroxyl groups is 1. The number of halogens is 1. The molecule has 0 unspecified atom stereocenters. The van der Waals surface area contributed by atoms with E-state index in [-0.39, 0.29) is 12.0 Å². The first-order chi connectivity index (χ1) is 8.03. The molecule has 0 aliphatic heterocycles. The van der Waals surface area contributed by atoms with Crippen LogP contribution in [0.25, 0.3) is 0 Å². The Balaban J connectivity index is 2.21. The van der Waals surface area contributed by atoms with Crippen molar-refractivity contribution in [1.29, 1.82) is 0 Å². The van der Waals surface area contributed by atoms with Crippen LogP contribution < -0.4 is 0 Å². The van der Waals surface area contributed by atoms with E-state index in [2.05, 4.69) is 26.0 Å². The Bertz CT molecular complexity index is 429. The third kappa shape index (κ3) is 2.72. The summed E-state index contributed by atoms with van der Waals surface area (Å²) in [6.45, 7) is 4.62. The first kappa shape index (κ1) is 12.7. The summed E-state index contributed by atoms with van der Waals surface area (Å²) < 4.78 is 0. The molecule has 2 heteroatoms. The van der Waals surface area contributed by atoms with Gasteiger partial charge in [0.2, 0.25) is 0 Å². The van der Waals surface area contributed by atoms with Gasteiger partial charge in [-0.15, -0.1) is 0 Å². The highest BCUT2D eigenvalue weighted by molar-refractivity contribution is 6.30. The third-order valence-corrected chi connectivity index (χ3v) is 4.04. The van der Waals surface area contributed by atoms with Gasteiger partial charge in [0.25, 0.3) is 0 Å². The molecular weight excluding hydrogens is 232 g/mol. The Hall–Kier alpha value is -0.790. The Morgan fingerprint density at radius 3 is 2.47 bits per heavy atom. The van der Waals surface area contributed by atoms with Gasteiger partial charge in [-0.3, -0.25) is 0 Å². The van der Waals surface area contributed by atoms with E-state index in [4.69, 9.17) is 11.6 Å². The fourth-order valence-corrected chi connectivity index (χ4v) is 2.74. The zero-order chi connectivity index (χ0) is 12.5. The standard InChI is InChI=1S/C15H19ClO/c1-15(2)8-7-12(14(15)10-17)9-11-3-5-13(16)6-4-11/h3-6,17H,7-10H2,1-2H3. The number of hydrogen-bond donors (Lipinski definition) is 1. The number of hydrogen-bond acceptors (Lipinski definition) is 1. The SMILES string of the molecule is CC1(C)CCC(Cc2ccc(Cl)cc2)=C1CO. The lowest BCUT2D eigenvalue weighted by Gasteiger charge is -2.21. The van der Waals surface area contributed by atoms with E-state index < -0.39 is 0 Å². The quantitative estimate of drug-likeness (QED) is 0.805. The second kappa shape index (κ2) is 4.83.